The molecule has 0 spiro atoms. The van der Waals surface area contributed by atoms with Crippen molar-refractivity contribution in [3.05, 3.63) is 57.5 Å². The van der Waals surface area contributed by atoms with Crippen molar-refractivity contribution in [2.45, 2.75) is 13.1 Å². The largest absolute Gasteiger partial charge is 0.451 e. The van der Waals surface area contributed by atoms with E-state index >= 15 is 0 Å². The minimum atomic E-state index is -4.67. The number of alkyl halides is 3. The van der Waals surface area contributed by atoms with Crippen molar-refractivity contribution in [2.75, 3.05) is 6.61 Å². The van der Waals surface area contributed by atoms with Crippen LogP contribution in [0.25, 0.3) is 5.69 Å². The Bertz CT molecular complexity index is 890. The highest BCUT2D eigenvalue weighted by Crippen LogP contribution is 2.33. The average molecular weight is 355 g/mol. The van der Waals surface area contributed by atoms with Gasteiger partial charge in [-0.25, -0.2) is 9.48 Å². The third kappa shape index (κ3) is 4.03. The average Bonchev–Trinajstić information content (AvgIpc) is 2.52. The number of carbonyl (C=O) groups is 2. The molecule has 0 aliphatic heterocycles. The van der Waals surface area contributed by atoms with Crippen LogP contribution in [0.5, 0.6) is 0 Å². The fourth-order valence-corrected chi connectivity index (χ4v) is 2.04. The van der Waals surface area contributed by atoms with E-state index in [0.717, 1.165) is 22.9 Å². The van der Waals surface area contributed by atoms with Gasteiger partial charge in [0.1, 0.15) is 0 Å². The van der Waals surface area contributed by atoms with Crippen LogP contribution < -0.4 is 11.2 Å². The van der Waals surface area contributed by atoms with Crippen molar-refractivity contribution in [1.82, 2.24) is 9.78 Å². The Morgan fingerprint density at radius 3 is 2.52 bits per heavy atom. The van der Waals surface area contributed by atoms with E-state index in [-0.39, 0.29) is 11.4 Å². The quantitative estimate of drug-likeness (QED) is 0.830. The van der Waals surface area contributed by atoms with Gasteiger partial charge >= 0.3 is 12.1 Å². The maximum atomic E-state index is 13.2. The van der Waals surface area contributed by atoms with E-state index in [0.29, 0.717) is 0 Å². The number of rotatable bonds is 4. The molecule has 7 nitrogen and oxygen atoms in total. The lowest BCUT2D eigenvalue weighted by atomic mass is 10.1. The lowest BCUT2D eigenvalue weighted by Crippen LogP contribution is -2.28. The molecule has 1 aromatic heterocycles. The van der Waals surface area contributed by atoms with Crippen LogP contribution in [-0.2, 0) is 15.7 Å². The van der Waals surface area contributed by atoms with Crippen LogP contribution in [0.15, 0.2) is 35.1 Å². The second-order valence-electron chi connectivity index (χ2n) is 4.97. The first-order valence-corrected chi connectivity index (χ1v) is 6.84. The molecule has 1 heterocycles. The van der Waals surface area contributed by atoms with Crippen molar-refractivity contribution in [2.24, 2.45) is 5.73 Å². The van der Waals surface area contributed by atoms with Crippen LogP contribution in [0, 0.1) is 6.92 Å². The number of amides is 1. The summed E-state index contributed by atoms with van der Waals surface area (Å²) in [7, 11) is 0. The molecule has 0 bridgehead atoms. The Labute approximate surface area is 138 Å². The Kier molecular flexibility index (Phi) is 4.91. The molecular formula is C15H12F3N3O4. The van der Waals surface area contributed by atoms with E-state index in [9.17, 15) is 27.6 Å². The van der Waals surface area contributed by atoms with Gasteiger partial charge in [0, 0.05) is 11.8 Å². The SMILES string of the molecule is Cc1cc(=O)c(C(=O)OCC(N)=O)nn1-c1ccccc1C(F)(F)F. The molecule has 10 heteroatoms. The Balaban J connectivity index is 2.58. The normalized spacial score (nSPS) is 11.2. The molecule has 0 aliphatic rings. The Morgan fingerprint density at radius 2 is 1.92 bits per heavy atom. The van der Waals surface area contributed by atoms with Gasteiger partial charge in [0.2, 0.25) is 11.1 Å². The van der Waals surface area contributed by atoms with Gasteiger partial charge in [-0.3, -0.25) is 9.59 Å². The molecule has 0 atom stereocenters. The van der Waals surface area contributed by atoms with E-state index in [1.54, 1.807) is 0 Å². The monoisotopic (exact) mass is 355 g/mol. The van der Waals surface area contributed by atoms with E-state index in [1.165, 1.54) is 19.1 Å². The first-order chi connectivity index (χ1) is 11.6. The van der Waals surface area contributed by atoms with Crippen LogP contribution in [-0.4, -0.2) is 28.3 Å². The smallest absolute Gasteiger partial charge is 0.418 e. The first-order valence-electron chi connectivity index (χ1n) is 6.84. The number of ether oxygens (including phenoxy) is 1. The molecule has 2 N–H and O–H groups in total. The van der Waals surface area contributed by atoms with Gasteiger partial charge < -0.3 is 10.5 Å². The van der Waals surface area contributed by atoms with Gasteiger partial charge in [-0.05, 0) is 19.1 Å². The molecule has 2 aromatic rings. The summed E-state index contributed by atoms with van der Waals surface area (Å²) in [6, 6.07) is 5.49. The molecule has 0 fully saturated rings. The summed E-state index contributed by atoms with van der Waals surface area (Å²) in [5, 5.41) is 3.67. The molecule has 0 saturated carbocycles. The number of hydrogen-bond donors (Lipinski definition) is 1. The summed E-state index contributed by atoms with van der Waals surface area (Å²) >= 11 is 0. The summed E-state index contributed by atoms with van der Waals surface area (Å²) in [5.41, 5.74) is 1.93. The van der Waals surface area contributed by atoms with E-state index in [4.69, 9.17) is 5.73 Å². The number of benzene rings is 1. The number of carbonyl (C=O) groups excluding carboxylic acids is 2. The summed E-state index contributed by atoms with van der Waals surface area (Å²) in [6.07, 6.45) is -4.67. The standard InChI is InChI=1S/C15H12F3N3O4/c1-8-6-11(22)13(14(24)25-7-12(19)23)20-21(8)10-5-3-2-4-9(10)15(16,17)18/h2-6H,7H2,1H3,(H2,19,23). The summed E-state index contributed by atoms with van der Waals surface area (Å²) in [5.74, 6) is -2.22. The van der Waals surface area contributed by atoms with Gasteiger partial charge in [-0.15, -0.1) is 0 Å². The highest BCUT2D eigenvalue weighted by Gasteiger charge is 2.34. The highest BCUT2D eigenvalue weighted by molar-refractivity contribution is 5.89. The van der Waals surface area contributed by atoms with Crippen LogP contribution in [0.4, 0.5) is 13.2 Å². The number of primary amides is 1. The van der Waals surface area contributed by atoms with Crippen molar-refractivity contribution >= 4 is 11.9 Å². The molecule has 2 rings (SSSR count). The number of esters is 1. The second-order valence-corrected chi connectivity index (χ2v) is 4.97. The molecule has 0 radical (unpaired) electrons. The Hall–Kier alpha value is -3.17. The van der Waals surface area contributed by atoms with Gasteiger partial charge in [-0.2, -0.15) is 18.3 Å². The lowest BCUT2D eigenvalue weighted by molar-refractivity contribution is -0.137. The summed E-state index contributed by atoms with van der Waals surface area (Å²) < 4.78 is 44.8. The molecular weight excluding hydrogens is 343 g/mol. The predicted octanol–water partition coefficient (Wildman–Crippen LogP) is 1.20. The number of aromatic nitrogens is 2. The van der Waals surface area contributed by atoms with E-state index in [1.807, 2.05) is 0 Å². The van der Waals surface area contributed by atoms with Crippen molar-refractivity contribution in [1.29, 1.82) is 0 Å². The first kappa shape index (κ1) is 18.2. The van der Waals surface area contributed by atoms with Crippen LogP contribution in [0.2, 0.25) is 0 Å². The number of aryl methyl sites for hydroxylation is 1. The number of hydrogen-bond acceptors (Lipinski definition) is 5. The van der Waals surface area contributed by atoms with E-state index < -0.39 is 41.3 Å². The number of nitrogens with zero attached hydrogens (tertiary/aromatic N) is 2. The zero-order chi connectivity index (χ0) is 18.8. The summed E-state index contributed by atoms with van der Waals surface area (Å²) in [4.78, 5) is 34.3. The fourth-order valence-electron chi connectivity index (χ4n) is 2.04. The molecule has 0 aliphatic carbocycles. The van der Waals surface area contributed by atoms with Crippen molar-refractivity contribution in [3.63, 3.8) is 0 Å². The number of para-hydroxylation sites is 1. The third-order valence-corrected chi connectivity index (χ3v) is 3.08. The molecule has 1 aromatic carbocycles. The zero-order valence-corrected chi connectivity index (χ0v) is 12.8. The van der Waals surface area contributed by atoms with E-state index in [2.05, 4.69) is 9.84 Å². The molecule has 1 amide bonds. The maximum Gasteiger partial charge on any atom is 0.418 e. The minimum Gasteiger partial charge on any atom is -0.451 e. The maximum absolute atomic E-state index is 13.2. The zero-order valence-electron chi connectivity index (χ0n) is 12.8. The van der Waals surface area contributed by atoms with Gasteiger partial charge in [0.25, 0.3) is 5.91 Å². The fraction of sp³-hybridized carbons (Fsp3) is 0.200. The lowest BCUT2D eigenvalue weighted by Gasteiger charge is -2.16. The number of nitrogens with two attached hydrogens (primary N) is 1. The molecule has 0 unspecified atom stereocenters. The Morgan fingerprint density at radius 1 is 1.28 bits per heavy atom. The molecule has 0 saturated heterocycles. The summed E-state index contributed by atoms with van der Waals surface area (Å²) in [6.45, 7) is 0.576. The van der Waals surface area contributed by atoms with Crippen molar-refractivity contribution < 1.29 is 27.5 Å². The minimum absolute atomic E-state index is 0.0770. The van der Waals surface area contributed by atoms with Crippen LogP contribution >= 0.6 is 0 Å². The third-order valence-electron chi connectivity index (χ3n) is 3.08. The second kappa shape index (κ2) is 6.75. The highest BCUT2D eigenvalue weighted by atomic mass is 19.4. The molecule has 25 heavy (non-hydrogen) atoms. The van der Waals surface area contributed by atoms with Crippen molar-refractivity contribution in [3.8, 4) is 5.69 Å². The molecule has 132 valence electrons. The van der Waals surface area contributed by atoms with Crippen LogP contribution in [0.1, 0.15) is 21.7 Å². The van der Waals surface area contributed by atoms with Gasteiger partial charge in [0.05, 0.1) is 11.3 Å². The number of halogens is 3. The van der Waals surface area contributed by atoms with Crippen LogP contribution in [0.3, 0.4) is 0 Å². The predicted molar refractivity (Wildman–Crippen MR) is 79.0 cm³/mol. The van der Waals surface area contributed by atoms with Gasteiger partial charge in [-0.1, -0.05) is 12.1 Å². The van der Waals surface area contributed by atoms with Gasteiger partial charge in [0.15, 0.2) is 6.61 Å². The topological polar surface area (TPSA) is 104 Å².